The molecule has 1 amide bonds. The third kappa shape index (κ3) is 4.94. The maximum Gasteiger partial charge on any atom is 0.387 e. The van der Waals surface area contributed by atoms with Crippen LogP contribution in [0.5, 0.6) is 5.75 Å². The number of para-hydroxylation sites is 2. The quantitative estimate of drug-likeness (QED) is 0.561. The summed E-state index contributed by atoms with van der Waals surface area (Å²) >= 11 is 0. The molecule has 30 heavy (non-hydrogen) atoms. The zero-order valence-corrected chi connectivity index (χ0v) is 16.7. The van der Waals surface area contributed by atoms with Gasteiger partial charge in [-0.3, -0.25) is 9.59 Å². The van der Waals surface area contributed by atoms with E-state index in [0.29, 0.717) is 11.1 Å². The van der Waals surface area contributed by atoms with E-state index in [0.717, 1.165) is 16.5 Å². The Labute approximate surface area is 171 Å². The number of carbonyl (C=O) groups excluding carboxylic acids is 2. The SMILES string of the molecule is Cc1cc2occ(CC(=O)O[C@@H](C)C(=O)Nc3ccccc3OC(F)F)c2cc1C. The van der Waals surface area contributed by atoms with Crippen molar-refractivity contribution in [2.75, 3.05) is 5.32 Å². The summed E-state index contributed by atoms with van der Waals surface area (Å²) in [6.45, 7) is 2.29. The van der Waals surface area contributed by atoms with Crippen LogP contribution in [0.3, 0.4) is 0 Å². The zero-order chi connectivity index (χ0) is 21.8. The molecule has 0 spiro atoms. The minimum atomic E-state index is -3.03. The van der Waals surface area contributed by atoms with Gasteiger partial charge in [0.25, 0.3) is 5.91 Å². The number of carbonyl (C=O) groups is 2. The van der Waals surface area contributed by atoms with E-state index in [9.17, 15) is 18.4 Å². The Morgan fingerprint density at radius 1 is 1.13 bits per heavy atom. The summed E-state index contributed by atoms with van der Waals surface area (Å²) in [6.07, 6.45) is 0.283. The van der Waals surface area contributed by atoms with Crippen molar-refractivity contribution in [3.8, 4) is 5.75 Å². The lowest BCUT2D eigenvalue weighted by atomic mass is 10.0. The second kappa shape index (κ2) is 8.94. The van der Waals surface area contributed by atoms with Crippen LogP contribution < -0.4 is 10.1 Å². The predicted octanol–water partition coefficient (Wildman–Crippen LogP) is 4.76. The van der Waals surface area contributed by atoms with Crippen molar-refractivity contribution < 1.29 is 32.3 Å². The molecule has 158 valence electrons. The summed E-state index contributed by atoms with van der Waals surface area (Å²) in [5.41, 5.74) is 3.52. The van der Waals surface area contributed by atoms with E-state index in [1.165, 1.54) is 31.4 Å². The van der Waals surface area contributed by atoms with Crippen LogP contribution in [0.4, 0.5) is 14.5 Å². The number of furan rings is 1. The summed E-state index contributed by atoms with van der Waals surface area (Å²) < 4.78 is 40.1. The van der Waals surface area contributed by atoms with Crippen molar-refractivity contribution in [3.05, 3.63) is 59.4 Å². The number of alkyl halides is 2. The lowest BCUT2D eigenvalue weighted by Gasteiger charge is -2.15. The van der Waals surface area contributed by atoms with Gasteiger partial charge in [0.05, 0.1) is 18.4 Å². The minimum absolute atomic E-state index is 0.0531. The number of fused-ring (bicyclic) bond motifs is 1. The summed E-state index contributed by atoms with van der Waals surface area (Å²) in [6, 6.07) is 9.59. The molecule has 2 aromatic carbocycles. The van der Waals surface area contributed by atoms with Crippen LogP contribution >= 0.6 is 0 Å². The summed E-state index contributed by atoms with van der Waals surface area (Å²) in [5, 5.41) is 3.24. The Morgan fingerprint density at radius 2 is 1.83 bits per heavy atom. The molecular formula is C22H21F2NO5. The lowest BCUT2D eigenvalue weighted by molar-refractivity contribution is -0.152. The number of ether oxygens (including phenoxy) is 2. The van der Waals surface area contributed by atoms with E-state index in [1.54, 1.807) is 6.07 Å². The van der Waals surface area contributed by atoms with Crippen LogP contribution in [0.2, 0.25) is 0 Å². The Bertz CT molecular complexity index is 1080. The third-order valence-corrected chi connectivity index (χ3v) is 4.64. The molecule has 0 radical (unpaired) electrons. The fraction of sp³-hybridized carbons (Fsp3) is 0.273. The first-order chi connectivity index (χ1) is 14.2. The normalized spacial score (nSPS) is 12.1. The maximum absolute atomic E-state index is 12.5. The number of hydrogen-bond acceptors (Lipinski definition) is 5. The molecule has 6 nitrogen and oxygen atoms in total. The first-order valence-electron chi connectivity index (χ1n) is 9.26. The number of aryl methyl sites for hydroxylation is 2. The molecule has 3 aromatic rings. The Morgan fingerprint density at radius 3 is 2.57 bits per heavy atom. The molecule has 0 bridgehead atoms. The van der Waals surface area contributed by atoms with Crippen molar-refractivity contribution in [1.82, 2.24) is 0 Å². The standard InChI is InChI=1S/C22H21F2NO5/c1-12-8-16-15(11-28-19(16)9-13(12)2)10-20(26)29-14(3)21(27)25-17-6-4-5-7-18(17)30-22(23)24/h4-9,11,14,22H,10H2,1-3H3,(H,25,27)/t14-/m0/s1. The number of halogens is 2. The largest absolute Gasteiger partial charge is 0.464 e. The molecule has 0 saturated heterocycles. The molecule has 1 aromatic heterocycles. The first-order valence-corrected chi connectivity index (χ1v) is 9.26. The van der Waals surface area contributed by atoms with Crippen LogP contribution in [-0.2, 0) is 20.7 Å². The number of amides is 1. The van der Waals surface area contributed by atoms with Crippen molar-refractivity contribution >= 4 is 28.5 Å². The molecule has 1 atom stereocenters. The lowest BCUT2D eigenvalue weighted by Crippen LogP contribution is -2.30. The molecule has 0 aliphatic carbocycles. The average Bonchev–Trinajstić information content (AvgIpc) is 3.04. The number of rotatable bonds is 7. The minimum Gasteiger partial charge on any atom is -0.464 e. The Hall–Kier alpha value is -3.42. The van der Waals surface area contributed by atoms with E-state index in [1.807, 2.05) is 26.0 Å². The zero-order valence-electron chi connectivity index (χ0n) is 16.7. The van der Waals surface area contributed by atoms with Gasteiger partial charge in [-0.05, 0) is 56.2 Å². The summed E-state index contributed by atoms with van der Waals surface area (Å²) in [7, 11) is 0. The smallest absolute Gasteiger partial charge is 0.387 e. The highest BCUT2D eigenvalue weighted by molar-refractivity contribution is 5.96. The highest BCUT2D eigenvalue weighted by atomic mass is 19.3. The maximum atomic E-state index is 12.5. The Kier molecular flexibility index (Phi) is 6.34. The van der Waals surface area contributed by atoms with Crippen molar-refractivity contribution in [1.29, 1.82) is 0 Å². The molecule has 0 fully saturated rings. The van der Waals surface area contributed by atoms with E-state index in [-0.39, 0.29) is 17.9 Å². The van der Waals surface area contributed by atoms with Crippen molar-refractivity contribution in [3.63, 3.8) is 0 Å². The molecule has 3 rings (SSSR count). The molecule has 1 heterocycles. The number of benzene rings is 2. The first kappa shape index (κ1) is 21.3. The molecule has 0 aliphatic heterocycles. The Balaban J connectivity index is 1.63. The van der Waals surface area contributed by atoms with E-state index in [2.05, 4.69) is 10.1 Å². The van der Waals surface area contributed by atoms with Crippen LogP contribution in [0, 0.1) is 13.8 Å². The molecule has 0 saturated carbocycles. The van der Waals surface area contributed by atoms with Crippen LogP contribution in [0.25, 0.3) is 11.0 Å². The van der Waals surface area contributed by atoms with Gasteiger partial charge in [-0.15, -0.1) is 0 Å². The molecule has 8 heteroatoms. The van der Waals surface area contributed by atoms with Crippen LogP contribution in [-0.4, -0.2) is 24.6 Å². The molecular weight excluding hydrogens is 396 g/mol. The number of anilines is 1. The van der Waals surface area contributed by atoms with E-state index in [4.69, 9.17) is 9.15 Å². The van der Waals surface area contributed by atoms with Crippen LogP contribution in [0.15, 0.2) is 47.1 Å². The summed E-state index contributed by atoms with van der Waals surface area (Å²) in [5.74, 6) is -1.47. The third-order valence-electron chi connectivity index (χ3n) is 4.64. The van der Waals surface area contributed by atoms with Gasteiger partial charge in [-0.2, -0.15) is 8.78 Å². The number of hydrogen-bond donors (Lipinski definition) is 1. The topological polar surface area (TPSA) is 77.8 Å². The summed E-state index contributed by atoms with van der Waals surface area (Å²) in [4.78, 5) is 24.7. The van der Waals surface area contributed by atoms with Crippen molar-refractivity contribution in [2.45, 2.75) is 39.9 Å². The van der Waals surface area contributed by atoms with E-state index < -0.39 is 24.6 Å². The van der Waals surface area contributed by atoms with Gasteiger partial charge >= 0.3 is 12.6 Å². The molecule has 1 N–H and O–H groups in total. The fourth-order valence-corrected chi connectivity index (χ4v) is 2.92. The molecule has 0 unspecified atom stereocenters. The van der Waals surface area contributed by atoms with Gasteiger partial charge < -0.3 is 19.2 Å². The second-order valence-electron chi connectivity index (χ2n) is 6.87. The van der Waals surface area contributed by atoms with E-state index >= 15 is 0 Å². The van der Waals surface area contributed by atoms with Crippen molar-refractivity contribution in [2.24, 2.45) is 0 Å². The predicted molar refractivity (Wildman–Crippen MR) is 107 cm³/mol. The van der Waals surface area contributed by atoms with Gasteiger partial charge in [0, 0.05) is 10.9 Å². The van der Waals surface area contributed by atoms with Gasteiger partial charge in [0.15, 0.2) is 6.10 Å². The highest BCUT2D eigenvalue weighted by Crippen LogP contribution is 2.27. The average molecular weight is 417 g/mol. The van der Waals surface area contributed by atoms with Gasteiger partial charge in [-0.1, -0.05) is 12.1 Å². The highest BCUT2D eigenvalue weighted by Gasteiger charge is 2.21. The van der Waals surface area contributed by atoms with Gasteiger partial charge in [0.1, 0.15) is 11.3 Å². The monoisotopic (exact) mass is 417 g/mol. The molecule has 0 aliphatic rings. The number of esters is 1. The van der Waals surface area contributed by atoms with Gasteiger partial charge in [-0.25, -0.2) is 0 Å². The fourth-order valence-electron chi connectivity index (χ4n) is 2.92. The van der Waals surface area contributed by atoms with Crippen LogP contribution in [0.1, 0.15) is 23.6 Å². The second-order valence-corrected chi connectivity index (χ2v) is 6.87. The van der Waals surface area contributed by atoms with Gasteiger partial charge in [0.2, 0.25) is 0 Å². The number of nitrogens with one attached hydrogen (secondary N) is 1.